The molecule has 0 bridgehead atoms. The Balaban J connectivity index is 0.000000220. The van der Waals surface area contributed by atoms with Crippen LogP contribution in [0.5, 0.6) is 23.7 Å². The molecule has 0 saturated heterocycles. The minimum atomic E-state index is 0.425. The molecule has 1 aliphatic heterocycles. The molecule has 7 aromatic rings. The molecule has 6 heterocycles. The van der Waals surface area contributed by atoms with Crippen LogP contribution in [0, 0.1) is 6.92 Å². The summed E-state index contributed by atoms with van der Waals surface area (Å²) in [6.07, 6.45) is 13.9. The third kappa shape index (κ3) is 20.3. The fraction of sp³-hybridized carbons (Fsp3) is 0.439. The average Bonchev–Trinajstić information content (AvgIpc) is 3.84. The number of rotatable bonds is 10. The zero-order chi connectivity index (χ0) is 50.9. The molecule has 5 aromatic heterocycles. The number of fused-ring (bicyclic) bond motifs is 2. The van der Waals surface area contributed by atoms with Crippen LogP contribution in [0.15, 0.2) is 110 Å². The summed E-state index contributed by atoms with van der Waals surface area (Å²) in [6, 6.07) is 23.5. The van der Waals surface area contributed by atoms with Crippen LogP contribution in [0.2, 0.25) is 0 Å². The van der Waals surface area contributed by atoms with Gasteiger partial charge in [0.05, 0.1) is 44.2 Å². The number of aromatic nitrogens is 8. The van der Waals surface area contributed by atoms with Gasteiger partial charge >= 0.3 is 12.0 Å². The van der Waals surface area contributed by atoms with E-state index < -0.39 is 0 Å². The molecule has 12 nitrogen and oxygen atoms in total. The first-order valence-corrected chi connectivity index (χ1v) is 24.2. The quantitative estimate of drug-likeness (QED) is 0.129. The number of pyridine rings is 2. The maximum absolute atomic E-state index is 5.49. The highest BCUT2D eigenvalue weighted by Gasteiger charge is 2.13. The number of hydrogen-bond donors (Lipinski definition) is 0. The molecule has 69 heavy (non-hydrogen) atoms. The Hall–Kier alpha value is -6.56. The summed E-state index contributed by atoms with van der Waals surface area (Å²) in [5, 5.41) is 0. The standard InChI is InChI=1S/C11H12N2.C11H14O.C9H14N2O.C9H13NO.C9H13N.C8H12N2O/c1-8(2)11-7-12-9-5-3-4-6-10(9)13-11;1-8(2)10-4-3-9-5-6-12-11(9)7-10;1-4-12-9-10-5-8(6-11-9)7(2)3;1-7(2)8-4-5-9(11-3)10-6-8;1-7(2)9-5-4-8(3)10-6-9;1-6(2)7-4-9-8(11-3)10-5-7/h3-8H,1-2H3;3-4,7-8H,5-6H2,1-2H3;5-7H,4H2,1-3H3;4-7H,1-3H3;4-7H,1-3H3;4-6H,1-3H3. The predicted octanol–water partition coefficient (Wildman–Crippen LogP) is 13.8. The van der Waals surface area contributed by atoms with Crippen LogP contribution < -0.4 is 18.9 Å². The van der Waals surface area contributed by atoms with E-state index in [0.29, 0.717) is 60.0 Å². The first-order valence-electron chi connectivity index (χ1n) is 24.2. The summed E-state index contributed by atoms with van der Waals surface area (Å²) >= 11 is 0. The van der Waals surface area contributed by atoms with E-state index in [-0.39, 0.29) is 0 Å². The van der Waals surface area contributed by atoms with E-state index in [1.165, 1.54) is 22.3 Å². The van der Waals surface area contributed by atoms with Crippen LogP contribution in [-0.4, -0.2) is 67.3 Å². The Bertz CT molecular complexity index is 2420. The molecule has 0 aliphatic carbocycles. The monoisotopic (exact) mass is 939 g/mol. The highest BCUT2D eigenvalue weighted by atomic mass is 16.5. The van der Waals surface area contributed by atoms with Crippen molar-refractivity contribution in [2.75, 3.05) is 27.4 Å². The molecule has 0 atom stereocenters. The molecule has 0 radical (unpaired) electrons. The molecular formula is C57H78N8O4. The van der Waals surface area contributed by atoms with E-state index in [2.05, 4.69) is 153 Å². The van der Waals surface area contributed by atoms with E-state index in [4.69, 9.17) is 18.9 Å². The van der Waals surface area contributed by atoms with Gasteiger partial charge in [0.15, 0.2) is 0 Å². The van der Waals surface area contributed by atoms with Gasteiger partial charge in [0, 0.05) is 61.6 Å². The van der Waals surface area contributed by atoms with Gasteiger partial charge in [0.1, 0.15) is 5.75 Å². The topological polar surface area (TPSA) is 140 Å². The molecule has 12 heteroatoms. The van der Waals surface area contributed by atoms with E-state index in [1.807, 2.05) is 81.2 Å². The summed E-state index contributed by atoms with van der Waals surface area (Å²) in [5.74, 6) is 4.88. The molecule has 0 spiro atoms. The third-order valence-electron chi connectivity index (χ3n) is 10.8. The average molecular weight is 939 g/mol. The zero-order valence-corrected chi connectivity index (χ0v) is 44.2. The first-order chi connectivity index (χ1) is 32.9. The Labute approximate surface area is 413 Å². The van der Waals surface area contributed by atoms with Crippen molar-refractivity contribution in [3.8, 4) is 23.7 Å². The van der Waals surface area contributed by atoms with Crippen molar-refractivity contribution in [3.05, 3.63) is 155 Å². The van der Waals surface area contributed by atoms with Gasteiger partial charge in [-0.2, -0.15) is 0 Å². The first kappa shape index (κ1) is 56.8. The van der Waals surface area contributed by atoms with Crippen LogP contribution in [-0.2, 0) is 6.42 Å². The lowest BCUT2D eigenvalue weighted by atomic mass is 10.0. The Morgan fingerprint density at radius 1 is 0.493 bits per heavy atom. The second kappa shape index (κ2) is 30.0. The Morgan fingerprint density at radius 2 is 1.00 bits per heavy atom. The number of aryl methyl sites for hydroxylation is 1. The SMILES string of the molecule is CC(C)c1ccc2c(c1)OCC2.CC(C)c1cnc2ccccc2n1.CCOc1ncc(C(C)C)cn1.COc1ccc(C(C)C)cn1.COc1ncc(C(C)C)cn1.Cc1ccc(C(C)C)cn1. The summed E-state index contributed by atoms with van der Waals surface area (Å²) in [4.78, 5) is 33.2. The van der Waals surface area contributed by atoms with Crippen molar-refractivity contribution in [1.82, 2.24) is 39.9 Å². The second-order valence-electron chi connectivity index (χ2n) is 18.3. The molecule has 0 unspecified atom stereocenters. The van der Waals surface area contributed by atoms with Crippen molar-refractivity contribution < 1.29 is 18.9 Å². The minimum Gasteiger partial charge on any atom is -0.493 e. The maximum atomic E-state index is 5.49. The molecule has 0 N–H and O–H groups in total. The molecule has 0 amide bonds. The van der Waals surface area contributed by atoms with Crippen molar-refractivity contribution in [3.63, 3.8) is 0 Å². The highest BCUT2D eigenvalue weighted by molar-refractivity contribution is 5.73. The predicted molar refractivity (Wildman–Crippen MR) is 281 cm³/mol. The summed E-state index contributed by atoms with van der Waals surface area (Å²) in [6.45, 7) is 31.1. The van der Waals surface area contributed by atoms with Gasteiger partial charge < -0.3 is 18.9 Å². The number of ether oxygens (including phenoxy) is 4. The molecule has 8 rings (SSSR count). The van der Waals surface area contributed by atoms with Crippen molar-refractivity contribution in [1.29, 1.82) is 0 Å². The van der Waals surface area contributed by atoms with Gasteiger partial charge in [-0.15, -0.1) is 0 Å². The Kier molecular flexibility index (Phi) is 24.7. The van der Waals surface area contributed by atoms with Crippen molar-refractivity contribution in [2.24, 2.45) is 0 Å². The highest BCUT2D eigenvalue weighted by Crippen LogP contribution is 2.29. The van der Waals surface area contributed by atoms with Gasteiger partial charge in [-0.25, -0.2) is 29.9 Å². The van der Waals surface area contributed by atoms with Crippen LogP contribution in [0.4, 0.5) is 0 Å². The lowest BCUT2D eigenvalue weighted by molar-refractivity contribution is 0.312. The van der Waals surface area contributed by atoms with Crippen molar-refractivity contribution >= 4 is 11.0 Å². The number of benzene rings is 2. The number of methoxy groups -OCH3 is 2. The van der Waals surface area contributed by atoms with Crippen LogP contribution in [0.3, 0.4) is 0 Å². The molecular weight excluding hydrogens is 861 g/mol. The van der Waals surface area contributed by atoms with Crippen molar-refractivity contribution in [2.45, 2.75) is 139 Å². The van der Waals surface area contributed by atoms with Gasteiger partial charge in [0.2, 0.25) is 5.88 Å². The van der Waals surface area contributed by atoms with Crippen LogP contribution in [0.1, 0.15) is 170 Å². The molecule has 0 saturated carbocycles. The Morgan fingerprint density at radius 3 is 1.46 bits per heavy atom. The lowest BCUT2D eigenvalue weighted by Crippen LogP contribution is -1.98. The van der Waals surface area contributed by atoms with E-state index in [9.17, 15) is 0 Å². The summed E-state index contributed by atoms with van der Waals surface area (Å²) in [5.41, 5.74) is 11.6. The minimum absolute atomic E-state index is 0.425. The van der Waals surface area contributed by atoms with Crippen LogP contribution >= 0.6 is 0 Å². The maximum Gasteiger partial charge on any atom is 0.316 e. The summed E-state index contributed by atoms with van der Waals surface area (Å²) < 4.78 is 20.4. The van der Waals surface area contributed by atoms with Crippen LogP contribution in [0.25, 0.3) is 11.0 Å². The number of nitrogens with zero attached hydrogens (tertiary/aromatic N) is 8. The largest absolute Gasteiger partial charge is 0.493 e. The fourth-order valence-electron chi connectivity index (χ4n) is 6.02. The lowest BCUT2D eigenvalue weighted by Gasteiger charge is -2.06. The fourth-order valence-corrected chi connectivity index (χ4v) is 6.02. The van der Waals surface area contributed by atoms with E-state index in [1.54, 1.807) is 26.6 Å². The number of hydrogen-bond acceptors (Lipinski definition) is 12. The van der Waals surface area contributed by atoms with Gasteiger partial charge in [-0.3, -0.25) is 9.97 Å². The van der Waals surface area contributed by atoms with Gasteiger partial charge in [-0.1, -0.05) is 119 Å². The smallest absolute Gasteiger partial charge is 0.316 e. The summed E-state index contributed by atoms with van der Waals surface area (Å²) in [7, 11) is 3.18. The van der Waals surface area contributed by atoms with Gasteiger partial charge in [-0.05, 0) is 107 Å². The number of para-hydroxylation sites is 2. The molecule has 0 fully saturated rings. The van der Waals surface area contributed by atoms with Gasteiger partial charge in [0.25, 0.3) is 0 Å². The zero-order valence-electron chi connectivity index (χ0n) is 44.2. The van der Waals surface area contributed by atoms with E-state index in [0.717, 1.165) is 52.3 Å². The normalized spacial score (nSPS) is 11.2. The second-order valence-corrected chi connectivity index (χ2v) is 18.3. The molecule has 1 aliphatic rings. The molecule has 2 aromatic carbocycles. The molecule has 370 valence electrons. The van der Waals surface area contributed by atoms with E-state index >= 15 is 0 Å². The third-order valence-corrected chi connectivity index (χ3v) is 10.8.